The van der Waals surface area contributed by atoms with Crippen molar-refractivity contribution in [3.05, 3.63) is 23.8 Å². The predicted octanol–water partition coefficient (Wildman–Crippen LogP) is 3.13. The Kier molecular flexibility index (Phi) is 6.17. The third-order valence-electron chi connectivity index (χ3n) is 3.96. The average molecular weight is 347 g/mol. The highest BCUT2D eigenvalue weighted by Gasteiger charge is 2.36. The second kappa shape index (κ2) is 8.14. The molecule has 0 fully saturated rings. The van der Waals surface area contributed by atoms with Gasteiger partial charge in [0, 0.05) is 12.0 Å². The number of Topliss-reactive ketones (excluding diaryl/α,β-unsaturated/α-hetero) is 1. The van der Waals surface area contributed by atoms with Crippen LogP contribution < -0.4 is 9.64 Å². The number of rotatable bonds is 7. The van der Waals surface area contributed by atoms with Crippen LogP contribution in [0, 0.1) is 0 Å². The van der Waals surface area contributed by atoms with E-state index < -0.39 is 12.0 Å². The van der Waals surface area contributed by atoms with Crippen molar-refractivity contribution in [1.29, 1.82) is 0 Å². The lowest BCUT2D eigenvalue weighted by atomic mass is 10.0. The van der Waals surface area contributed by atoms with E-state index in [0.29, 0.717) is 29.8 Å². The number of carbonyl (C=O) groups is 3. The molecule has 0 N–H and O–H groups in total. The van der Waals surface area contributed by atoms with Crippen LogP contribution in [0.15, 0.2) is 18.2 Å². The summed E-state index contributed by atoms with van der Waals surface area (Å²) in [5, 5.41) is 0. The fourth-order valence-electron chi connectivity index (χ4n) is 2.82. The molecule has 6 heteroatoms. The van der Waals surface area contributed by atoms with E-state index in [1.54, 1.807) is 32.0 Å². The van der Waals surface area contributed by atoms with Crippen LogP contribution in [0.5, 0.6) is 5.75 Å². The maximum atomic E-state index is 12.5. The number of esters is 1. The molecule has 0 spiro atoms. The van der Waals surface area contributed by atoms with Gasteiger partial charge in [-0.1, -0.05) is 13.8 Å². The van der Waals surface area contributed by atoms with Gasteiger partial charge in [-0.05, 0) is 44.9 Å². The number of amides is 1. The number of hydrogen-bond acceptors (Lipinski definition) is 5. The summed E-state index contributed by atoms with van der Waals surface area (Å²) in [6.07, 6.45) is 1.31. The number of fused-ring (bicyclic) bond motifs is 1. The number of ether oxygens (including phenoxy) is 2. The molecule has 25 heavy (non-hydrogen) atoms. The Bertz CT molecular complexity index is 668. The van der Waals surface area contributed by atoms with Crippen LogP contribution in [0.1, 0.15) is 57.3 Å². The Hall–Kier alpha value is -2.37. The minimum absolute atomic E-state index is 0.000998. The van der Waals surface area contributed by atoms with Crippen LogP contribution in [0.3, 0.4) is 0 Å². The van der Waals surface area contributed by atoms with Crippen molar-refractivity contribution >= 4 is 23.3 Å². The molecular weight excluding hydrogens is 322 g/mol. The summed E-state index contributed by atoms with van der Waals surface area (Å²) < 4.78 is 10.8. The van der Waals surface area contributed by atoms with Gasteiger partial charge in [-0.2, -0.15) is 0 Å². The van der Waals surface area contributed by atoms with Crippen molar-refractivity contribution < 1.29 is 23.9 Å². The highest BCUT2D eigenvalue weighted by atomic mass is 16.5. The fraction of sp³-hybridized carbons (Fsp3) is 0.526. The first-order chi connectivity index (χ1) is 11.9. The SMILES string of the molecule is CCCC(=O)c1ccc2c(c1)N(C(CC)C(=O)OC(C)C)C(=O)CO2. The van der Waals surface area contributed by atoms with E-state index in [0.717, 1.165) is 6.42 Å². The summed E-state index contributed by atoms with van der Waals surface area (Å²) in [7, 11) is 0. The lowest BCUT2D eigenvalue weighted by molar-refractivity contribution is -0.150. The van der Waals surface area contributed by atoms with Gasteiger partial charge in [0.25, 0.3) is 5.91 Å². The van der Waals surface area contributed by atoms with Crippen LogP contribution in [-0.4, -0.2) is 36.4 Å². The number of carbonyl (C=O) groups excluding carboxylic acids is 3. The fourth-order valence-corrected chi connectivity index (χ4v) is 2.82. The molecule has 1 aliphatic rings. The lowest BCUT2D eigenvalue weighted by Crippen LogP contribution is -2.50. The van der Waals surface area contributed by atoms with Crippen LogP contribution in [0.2, 0.25) is 0 Å². The number of benzene rings is 1. The Morgan fingerprint density at radius 1 is 1.28 bits per heavy atom. The maximum absolute atomic E-state index is 12.5. The van der Waals surface area contributed by atoms with E-state index in [2.05, 4.69) is 0 Å². The Labute approximate surface area is 148 Å². The minimum atomic E-state index is -0.742. The Balaban J connectivity index is 2.42. The van der Waals surface area contributed by atoms with Crippen LogP contribution in [0.4, 0.5) is 5.69 Å². The molecule has 0 aliphatic carbocycles. The summed E-state index contributed by atoms with van der Waals surface area (Å²) in [6.45, 7) is 7.15. The average Bonchev–Trinajstić information content (AvgIpc) is 2.56. The second-order valence-electron chi connectivity index (χ2n) is 6.32. The number of ketones is 1. The summed E-state index contributed by atoms with van der Waals surface area (Å²) >= 11 is 0. The van der Waals surface area contributed by atoms with Gasteiger partial charge in [-0.3, -0.25) is 14.5 Å². The van der Waals surface area contributed by atoms with Crippen molar-refractivity contribution in [2.24, 2.45) is 0 Å². The number of anilines is 1. The number of hydrogen-bond donors (Lipinski definition) is 0. The third kappa shape index (κ3) is 4.18. The van der Waals surface area contributed by atoms with Gasteiger partial charge < -0.3 is 9.47 Å². The summed E-state index contributed by atoms with van der Waals surface area (Å²) in [5.41, 5.74) is 0.960. The van der Waals surface area contributed by atoms with E-state index in [1.807, 2.05) is 13.8 Å². The summed E-state index contributed by atoms with van der Waals surface area (Å²) in [5.74, 6) is -0.284. The highest BCUT2D eigenvalue weighted by molar-refractivity contribution is 6.05. The summed E-state index contributed by atoms with van der Waals surface area (Å²) in [6, 6.07) is 4.26. The molecule has 0 aromatic heterocycles. The molecule has 1 heterocycles. The molecule has 1 aliphatic heterocycles. The van der Waals surface area contributed by atoms with Crippen molar-refractivity contribution in [3.8, 4) is 5.75 Å². The Morgan fingerprint density at radius 2 is 2.00 bits per heavy atom. The monoisotopic (exact) mass is 347 g/mol. The van der Waals surface area contributed by atoms with Crippen LogP contribution in [0.25, 0.3) is 0 Å². The van der Waals surface area contributed by atoms with E-state index in [-0.39, 0.29) is 24.4 Å². The predicted molar refractivity (Wildman–Crippen MR) is 94.0 cm³/mol. The minimum Gasteiger partial charge on any atom is -0.482 e. The topological polar surface area (TPSA) is 72.9 Å². The molecule has 0 bridgehead atoms. The first-order valence-electron chi connectivity index (χ1n) is 8.71. The van der Waals surface area contributed by atoms with Crippen LogP contribution in [-0.2, 0) is 14.3 Å². The molecule has 0 saturated heterocycles. The van der Waals surface area contributed by atoms with Gasteiger partial charge in [0.1, 0.15) is 11.8 Å². The van der Waals surface area contributed by atoms with E-state index in [1.165, 1.54) is 4.90 Å². The normalized spacial score (nSPS) is 14.8. The molecule has 0 saturated carbocycles. The van der Waals surface area contributed by atoms with Gasteiger partial charge in [0.05, 0.1) is 11.8 Å². The van der Waals surface area contributed by atoms with Crippen LogP contribution >= 0.6 is 0 Å². The standard InChI is InChI=1S/C19H25NO5/c1-5-7-16(21)13-8-9-17-15(10-13)20(18(22)11-24-17)14(6-2)19(23)25-12(3)4/h8-10,12,14H,5-7,11H2,1-4H3. The molecule has 1 atom stereocenters. The first kappa shape index (κ1) is 19.0. The number of nitrogens with zero attached hydrogens (tertiary/aromatic N) is 1. The molecule has 6 nitrogen and oxygen atoms in total. The van der Waals surface area contributed by atoms with E-state index in [4.69, 9.17) is 9.47 Å². The molecule has 1 amide bonds. The van der Waals surface area contributed by atoms with E-state index >= 15 is 0 Å². The lowest BCUT2D eigenvalue weighted by Gasteiger charge is -2.34. The van der Waals surface area contributed by atoms with Gasteiger partial charge in [-0.25, -0.2) is 4.79 Å². The molecular formula is C19H25NO5. The van der Waals surface area contributed by atoms with Crippen molar-refractivity contribution in [2.75, 3.05) is 11.5 Å². The highest BCUT2D eigenvalue weighted by Crippen LogP contribution is 2.35. The van der Waals surface area contributed by atoms with Gasteiger partial charge in [0.15, 0.2) is 12.4 Å². The quantitative estimate of drug-likeness (QED) is 0.560. The van der Waals surface area contributed by atoms with Gasteiger partial charge >= 0.3 is 5.97 Å². The van der Waals surface area contributed by atoms with Crippen molar-refractivity contribution in [1.82, 2.24) is 0 Å². The molecule has 136 valence electrons. The molecule has 0 radical (unpaired) electrons. The largest absolute Gasteiger partial charge is 0.482 e. The molecule has 1 aromatic carbocycles. The van der Waals surface area contributed by atoms with E-state index in [9.17, 15) is 14.4 Å². The summed E-state index contributed by atoms with van der Waals surface area (Å²) in [4.78, 5) is 38.5. The molecule has 1 unspecified atom stereocenters. The molecule has 2 rings (SSSR count). The zero-order valence-electron chi connectivity index (χ0n) is 15.2. The zero-order valence-corrected chi connectivity index (χ0v) is 15.2. The Morgan fingerprint density at radius 3 is 2.60 bits per heavy atom. The smallest absolute Gasteiger partial charge is 0.329 e. The van der Waals surface area contributed by atoms with Gasteiger partial charge in [-0.15, -0.1) is 0 Å². The second-order valence-corrected chi connectivity index (χ2v) is 6.32. The van der Waals surface area contributed by atoms with Crippen molar-refractivity contribution in [2.45, 2.75) is 59.1 Å². The third-order valence-corrected chi connectivity index (χ3v) is 3.96. The van der Waals surface area contributed by atoms with Gasteiger partial charge in [0.2, 0.25) is 0 Å². The maximum Gasteiger partial charge on any atom is 0.329 e. The zero-order chi connectivity index (χ0) is 18.6. The molecule has 1 aromatic rings. The first-order valence-corrected chi connectivity index (χ1v) is 8.71. The van der Waals surface area contributed by atoms with Crippen molar-refractivity contribution in [3.63, 3.8) is 0 Å².